The van der Waals surface area contributed by atoms with Gasteiger partial charge in [-0.25, -0.2) is 4.68 Å². The van der Waals surface area contributed by atoms with Gasteiger partial charge in [-0.05, 0) is 43.2 Å². The molecule has 0 bridgehead atoms. The third kappa shape index (κ3) is 4.61. The van der Waals surface area contributed by atoms with E-state index in [1.165, 1.54) is 0 Å². The Labute approximate surface area is 202 Å². The Morgan fingerprint density at radius 1 is 0.943 bits per heavy atom. The minimum Gasteiger partial charge on any atom is -0.317 e. The average Bonchev–Trinajstić information content (AvgIpc) is 3.32. The van der Waals surface area contributed by atoms with E-state index in [1.807, 2.05) is 61.5 Å². The van der Waals surface area contributed by atoms with Crippen molar-refractivity contribution in [2.24, 2.45) is 0 Å². The minimum atomic E-state index is -0.536. The third-order valence-electron chi connectivity index (χ3n) is 6.08. The maximum absolute atomic E-state index is 13.3. The number of rotatable bonds is 5. The van der Waals surface area contributed by atoms with Crippen LogP contribution in [0.3, 0.4) is 0 Å². The molecule has 0 radical (unpaired) electrons. The molecular formula is C28H24N4O3. The van der Waals surface area contributed by atoms with Crippen LogP contribution < -0.4 is 15.8 Å². The minimum absolute atomic E-state index is 0.0686. The number of fused-ring (bicyclic) bond motifs is 1. The van der Waals surface area contributed by atoms with E-state index in [-0.39, 0.29) is 18.1 Å². The number of aromatic nitrogens is 2. The van der Waals surface area contributed by atoms with Crippen LogP contribution in [0.4, 0.5) is 11.4 Å². The lowest BCUT2D eigenvalue weighted by molar-refractivity contribution is -0.119. The molecule has 4 aromatic rings. The molecule has 0 fully saturated rings. The summed E-state index contributed by atoms with van der Waals surface area (Å²) in [6, 6.07) is 25.7. The van der Waals surface area contributed by atoms with E-state index in [0.29, 0.717) is 17.8 Å². The van der Waals surface area contributed by atoms with Gasteiger partial charge in [0.15, 0.2) is 0 Å². The first kappa shape index (κ1) is 22.3. The number of carbonyl (C=O) groups excluding carboxylic acids is 2. The molecular weight excluding hydrogens is 440 g/mol. The van der Waals surface area contributed by atoms with E-state index in [2.05, 4.69) is 10.4 Å². The van der Waals surface area contributed by atoms with Gasteiger partial charge in [0, 0.05) is 23.4 Å². The average molecular weight is 465 g/mol. The van der Waals surface area contributed by atoms with Crippen LogP contribution in [0.15, 0.2) is 89.7 Å². The van der Waals surface area contributed by atoms with E-state index in [0.717, 1.165) is 33.5 Å². The molecule has 1 N–H and O–H groups in total. The quantitative estimate of drug-likeness (QED) is 0.483. The molecule has 1 aromatic heterocycles. The fourth-order valence-electron chi connectivity index (χ4n) is 4.20. The zero-order valence-electron chi connectivity index (χ0n) is 19.3. The Kier molecular flexibility index (Phi) is 5.97. The van der Waals surface area contributed by atoms with Crippen LogP contribution in [0.1, 0.15) is 21.5 Å². The van der Waals surface area contributed by atoms with Gasteiger partial charge in [0.05, 0.1) is 5.69 Å². The van der Waals surface area contributed by atoms with Crippen molar-refractivity contribution in [2.75, 3.05) is 16.8 Å². The summed E-state index contributed by atoms with van der Waals surface area (Å²) in [5, 5.41) is 7.20. The number of benzene rings is 3. The van der Waals surface area contributed by atoms with E-state index >= 15 is 0 Å². The highest BCUT2D eigenvalue weighted by molar-refractivity contribution is 6.04. The summed E-state index contributed by atoms with van der Waals surface area (Å²) in [5.74, 6) is -0.638. The van der Waals surface area contributed by atoms with Crippen molar-refractivity contribution in [3.05, 3.63) is 112 Å². The first-order chi connectivity index (χ1) is 17.0. The van der Waals surface area contributed by atoms with Crippen molar-refractivity contribution >= 4 is 23.2 Å². The Morgan fingerprint density at radius 3 is 2.43 bits per heavy atom. The fourth-order valence-corrected chi connectivity index (χ4v) is 4.20. The van der Waals surface area contributed by atoms with Gasteiger partial charge in [-0.15, -0.1) is 0 Å². The maximum atomic E-state index is 13.3. The highest BCUT2D eigenvalue weighted by Crippen LogP contribution is 2.27. The lowest BCUT2D eigenvalue weighted by Crippen LogP contribution is -2.37. The summed E-state index contributed by atoms with van der Waals surface area (Å²) in [7, 11) is 0. The Morgan fingerprint density at radius 2 is 1.66 bits per heavy atom. The molecule has 0 saturated heterocycles. The summed E-state index contributed by atoms with van der Waals surface area (Å²) < 4.78 is 1.14. The molecule has 2 heterocycles. The fraction of sp³-hybridized carbons (Fsp3) is 0.143. The first-order valence-corrected chi connectivity index (χ1v) is 11.4. The molecule has 2 amide bonds. The molecule has 0 aliphatic carbocycles. The van der Waals surface area contributed by atoms with E-state index in [9.17, 15) is 14.4 Å². The number of hydrogen-bond acceptors (Lipinski definition) is 4. The number of para-hydroxylation sites is 1. The third-order valence-corrected chi connectivity index (χ3v) is 6.08. The van der Waals surface area contributed by atoms with E-state index < -0.39 is 11.5 Å². The number of hydrogen-bond donors (Lipinski definition) is 1. The Balaban J connectivity index is 1.51. The maximum Gasteiger partial charge on any atom is 0.291 e. The van der Waals surface area contributed by atoms with Gasteiger partial charge in [0.25, 0.3) is 11.5 Å². The molecule has 0 unspecified atom stereocenters. The number of amides is 2. The molecule has 7 nitrogen and oxygen atoms in total. The largest absolute Gasteiger partial charge is 0.317 e. The van der Waals surface area contributed by atoms with Gasteiger partial charge >= 0.3 is 0 Å². The molecule has 174 valence electrons. The Hall–Kier alpha value is -4.52. The van der Waals surface area contributed by atoms with Crippen LogP contribution in [-0.2, 0) is 17.8 Å². The van der Waals surface area contributed by atoms with Crippen LogP contribution in [-0.4, -0.2) is 28.1 Å². The lowest BCUT2D eigenvalue weighted by Gasteiger charge is -2.18. The van der Waals surface area contributed by atoms with Crippen LogP contribution in [0.2, 0.25) is 0 Å². The second kappa shape index (κ2) is 9.38. The molecule has 5 rings (SSSR count). The highest BCUT2D eigenvalue weighted by Gasteiger charge is 2.25. The van der Waals surface area contributed by atoms with Crippen molar-refractivity contribution in [3.63, 3.8) is 0 Å². The van der Waals surface area contributed by atoms with Crippen molar-refractivity contribution in [3.8, 4) is 11.3 Å². The summed E-state index contributed by atoms with van der Waals surface area (Å²) in [5.41, 5.74) is 4.27. The number of nitrogens with one attached hydrogen (secondary N) is 1. The number of anilines is 2. The van der Waals surface area contributed by atoms with Gasteiger partial charge in [-0.3, -0.25) is 14.4 Å². The van der Waals surface area contributed by atoms with Crippen molar-refractivity contribution in [1.29, 1.82) is 0 Å². The Bertz CT molecular complexity index is 1460. The zero-order chi connectivity index (χ0) is 24.4. The molecule has 1 aliphatic heterocycles. The molecule has 35 heavy (non-hydrogen) atoms. The molecule has 1 aliphatic rings. The predicted octanol–water partition coefficient (Wildman–Crippen LogP) is 4.06. The number of carbonyl (C=O) groups is 2. The van der Waals surface area contributed by atoms with Gasteiger partial charge in [-0.1, -0.05) is 66.2 Å². The summed E-state index contributed by atoms with van der Waals surface area (Å²) in [4.78, 5) is 41.0. The summed E-state index contributed by atoms with van der Waals surface area (Å²) in [6.45, 7) is 2.31. The van der Waals surface area contributed by atoms with Crippen LogP contribution >= 0.6 is 0 Å². The molecule has 3 aromatic carbocycles. The topological polar surface area (TPSA) is 84.3 Å². The molecule has 0 spiro atoms. The molecule has 0 atom stereocenters. The van der Waals surface area contributed by atoms with Gasteiger partial charge < -0.3 is 10.2 Å². The monoisotopic (exact) mass is 464 g/mol. The second-order valence-corrected chi connectivity index (χ2v) is 8.52. The number of nitrogens with zero attached hydrogens (tertiary/aromatic N) is 3. The summed E-state index contributed by atoms with van der Waals surface area (Å²) >= 11 is 0. The van der Waals surface area contributed by atoms with Crippen molar-refractivity contribution < 1.29 is 9.59 Å². The van der Waals surface area contributed by atoms with Crippen molar-refractivity contribution in [1.82, 2.24) is 9.78 Å². The van der Waals surface area contributed by atoms with Crippen molar-refractivity contribution in [2.45, 2.75) is 19.9 Å². The normalized spacial score (nSPS) is 12.3. The predicted molar refractivity (Wildman–Crippen MR) is 136 cm³/mol. The summed E-state index contributed by atoms with van der Waals surface area (Å²) in [6.07, 6.45) is 0.770. The SMILES string of the molecule is Cc1ccc(-c2cc(NC(=O)c3ccccc3)c(=O)n(CC(=O)N3CCc4ccccc43)n2)cc1. The van der Waals surface area contributed by atoms with Crippen LogP contribution in [0.25, 0.3) is 11.3 Å². The van der Waals surface area contributed by atoms with Crippen LogP contribution in [0.5, 0.6) is 0 Å². The molecule has 7 heteroatoms. The second-order valence-electron chi connectivity index (χ2n) is 8.52. The molecule has 0 saturated carbocycles. The van der Waals surface area contributed by atoms with Gasteiger partial charge in [0.2, 0.25) is 5.91 Å². The number of aryl methyl sites for hydroxylation is 1. The first-order valence-electron chi connectivity index (χ1n) is 11.4. The van der Waals surface area contributed by atoms with Gasteiger partial charge in [0.1, 0.15) is 12.2 Å². The smallest absolute Gasteiger partial charge is 0.291 e. The van der Waals surface area contributed by atoms with Crippen LogP contribution in [0, 0.1) is 6.92 Å². The lowest BCUT2D eigenvalue weighted by atomic mass is 10.1. The van der Waals surface area contributed by atoms with Gasteiger partial charge in [-0.2, -0.15) is 5.10 Å². The highest BCUT2D eigenvalue weighted by atomic mass is 16.2. The zero-order valence-corrected chi connectivity index (χ0v) is 19.3. The van der Waals surface area contributed by atoms with E-state index in [1.54, 1.807) is 35.2 Å². The standard InChI is InChI=1S/C28H24N4O3/c1-19-11-13-20(14-12-19)23-17-24(29-27(34)22-8-3-2-4-9-22)28(35)32(30-23)18-26(33)31-16-15-21-7-5-6-10-25(21)31/h2-14,17H,15-16,18H2,1H3,(H,29,34). The van der Waals surface area contributed by atoms with E-state index in [4.69, 9.17) is 0 Å².